The summed E-state index contributed by atoms with van der Waals surface area (Å²) in [5.41, 5.74) is 14.8. The van der Waals surface area contributed by atoms with E-state index in [1.807, 2.05) is 24.3 Å². The van der Waals surface area contributed by atoms with Gasteiger partial charge >= 0.3 is 7.60 Å². The molecule has 2 aliphatic rings. The molecule has 0 radical (unpaired) electrons. The third-order valence-corrected chi connectivity index (χ3v) is 10.4. The Morgan fingerprint density at radius 2 is 1.74 bits per heavy atom. The van der Waals surface area contributed by atoms with Crippen molar-refractivity contribution in [3.8, 4) is 0 Å². The molecule has 0 bridgehead atoms. The van der Waals surface area contributed by atoms with E-state index >= 15 is 0 Å². The fraction of sp³-hybridized carbons (Fsp3) is 0.657. The molecular weight excluding hydrogens is 699 g/mol. The second-order valence-electron chi connectivity index (χ2n) is 13.8. The minimum absolute atomic E-state index is 0.0721. The summed E-state index contributed by atoms with van der Waals surface area (Å²) in [5, 5.41) is 24.2. The van der Waals surface area contributed by atoms with Crippen molar-refractivity contribution in [1.82, 2.24) is 36.1 Å². The lowest BCUT2D eigenvalue weighted by Crippen LogP contribution is -2.44. The van der Waals surface area contributed by atoms with Crippen LogP contribution in [0.25, 0.3) is 10.9 Å². The largest absolute Gasteiger partial charge is 0.389 e. The Hall–Kier alpha value is -3.73. The van der Waals surface area contributed by atoms with Gasteiger partial charge in [0.05, 0.1) is 30.0 Å². The molecule has 11 N–H and O–H groups in total. The summed E-state index contributed by atoms with van der Waals surface area (Å²) in [6.07, 6.45) is 11.7. The molecule has 53 heavy (non-hydrogen) atoms. The third-order valence-electron chi connectivity index (χ3n) is 9.58. The second kappa shape index (κ2) is 22.5. The standard InChI is InChI=1S/C35H59N12O5P/c36-30(34(49)41-20-23-53(50,51)52)12-13-32(48)47-21-14-27(15-22-47)43-33-29-10-4-5-11-31(29)44-35(45-33)42-25-28(46-37)24-39-18-6-16-38-17-7-19-40-26-8-2-1-3-9-26/h4-5,10-11,24,26-27,30,37-40H,1-3,6-9,12-23,25,36H2,(H,41,49)(H2,50,51,52)(H2,42,43,44,45)/b28-24-,46-37?/t30-/m0/s1. The normalized spacial score (nSPS) is 16.7. The highest BCUT2D eigenvalue weighted by Crippen LogP contribution is 2.32. The Morgan fingerprint density at radius 1 is 1.00 bits per heavy atom. The highest BCUT2D eigenvalue weighted by Gasteiger charge is 2.25. The Kier molecular flexibility index (Phi) is 17.8. The average molecular weight is 759 g/mol. The van der Waals surface area contributed by atoms with Crippen LogP contribution in [0.2, 0.25) is 0 Å². The fourth-order valence-electron chi connectivity index (χ4n) is 6.51. The number of nitrogens with two attached hydrogens (primary N) is 1. The molecule has 2 amide bonds. The fourth-order valence-corrected chi connectivity index (χ4v) is 6.91. The number of amides is 2. The number of rotatable bonds is 23. The first-order valence-corrected chi connectivity index (χ1v) is 20.8. The maximum atomic E-state index is 12.9. The number of aromatic nitrogens is 2. The van der Waals surface area contributed by atoms with Crippen LogP contribution in [0.15, 0.2) is 41.3 Å². The third kappa shape index (κ3) is 15.6. The van der Waals surface area contributed by atoms with E-state index in [0.29, 0.717) is 49.4 Å². The van der Waals surface area contributed by atoms with E-state index < -0.39 is 25.7 Å². The molecule has 1 saturated carbocycles. The number of hydrogen-bond donors (Lipinski definition) is 10. The molecule has 1 aromatic carbocycles. The molecule has 1 saturated heterocycles. The van der Waals surface area contributed by atoms with Gasteiger partial charge in [0, 0.05) is 56.3 Å². The number of anilines is 2. The summed E-state index contributed by atoms with van der Waals surface area (Å²) in [6.45, 7) is 4.93. The van der Waals surface area contributed by atoms with Gasteiger partial charge in [-0.1, -0.05) is 31.4 Å². The first-order chi connectivity index (χ1) is 25.6. The molecule has 0 spiro atoms. The molecule has 1 aliphatic heterocycles. The van der Waals surface area contributed by atoms with Gasteiger partial charge in [-0.15, -0.1) is 0 Å². The lowest BCUT2D eigenvalue weighted by molar-refractivity contribution is -0.132. The van der Waals surface area contributed by atoms with Crippen molar-refractivity contribution >= 4 is 42.1 Å². The van der Waals surface area contributed by atoms with Gasteiger partial charge in [-0.05, 0) is 76.7 Å². The average Bonchev–Trinajstić information content (AvgIpc) is 3.15. The van der Waals surface area contributed by atoms with E-state index in [1.54, 1.807) is 11.1 Å². The van der Waals surface area contributed by atoms with Crippen molar-refractivity contribution in [2.24, 2.45) is 10.8 Å². The number of benzene rings is 1. The zero-order chi connectivity index (χ0) is 37.9. The van der Waals surface area contributed by atoms with Crippen LogP contribution in [0, 0.1) is 5.53 Å². The van der Waals surface area contributed by atoms with Gasteiger partial charge in [0.2, 0.25) is 17.8 Å². The number of nitrogens with one attached hydrogen (secondary N) is 7. The lowest BCUT2D eigenvalue weighted by atomic mass is 9.95. The lowest BCUT2D eigenvalue weighted by Gasteiger charge is -2.33. The number of carbonyl (C=O) groups excluding carboxylic acids is 2. The quantitative estimate of drug-likeness (QED) is 0.0445. The predicted molar refractivity (Wildman–Crippen MR) is 207 cm³/mol. The van der Waals surface area contributed by atoms with Gasteiger partial charge in [0.25, 0.3) is 0 Å². The van der Waals surface area contributed by atoms with Crippen LogP contribution in [-0.2, 0) is 14.2 Å². The number of para-hydroxylation sites is 1. The van der Waals surface area contributed by atoms with Crippen LogP contribution < -0.4 is 37.6 Å². The first kappa shape index (κ1) is 42.0. The molecule has 17 nitrogen and oxygen atoms in total. The van der Waals surface area contributed by atoms with Crippen molar-refractivity contribution < 1.29 is 23.9 Å². The van der Waals surface area contributed by atoms with E-state index in [0.717, 1.165) is 49.9 Å². The van der Waals surface area contributed by atoms with Crippen molar-refractivity contribution in [3.63, 3.8) is 0 Å². The van der Waals surface area contributed by atoms with Gasteiger partial charge in [0.1, 0.15) is 5.82 Å². The van der Waals surface area contributed by atoms with E-state index in [4.69, 9.17) is 26.0 Å². The first-order valence-electron chi connectivity index (χ1n) is 19.0. The number of nitrogens with zero attached hydrogens (tertiary/aromatic N) is 4. The Morgan fingerprint density at radius 3 is 2.47 bits per heavy atom. The smallest absolute Gasteiger partial charge is 0.327 e. The number of likely N-dealkylation sites (tertiary alicyclic amines) is 1. The van der Waals surface area contributed by atoms with Crippen molar-refractivity contribution in [1.29, 1.82) is 5.53 Å². The Bertz CT molecular complexity index is 1530. The number of hydrogen-bond acceptors (Lipinski definition) is 13. The maximum absolute atomic E-state index is 12.9. The van der Waals surface area contributed by atoms with Crippen LogP contribution in [0.4, 0.5) is 11.8 Å². The summed E-state index contributed by atoms with van der Waals surface area (Å²) >= 11 is 0. The minimum atomic E-state index is -4.21. The topological polar surface area (TPSA) is 255 Å². The summed E-state index contributed by atoms with van der Waals surface area (Å²) in [4.78, 5) is 54.0. The van der Waals surface area contributed by atoms with Crippen LogP contribution in [0.5, 0.6) is 0 Å². The molecule has 2 fully saturated rings. The Balaban J connectivity index is 1.16. The van der Waals surface area contributed by atoms with Crippen LogP contribution in [0.3, 0.4) is 0 Å². The molecule has 294 valence electrons. The molecule has 4 rings (SSSR count). The molecule has 2 aromatic rings. The van der Waals surface area contributed by atoms with Crippen molar-refractivity contribution in [2.45, 2.75) is 88.8 Å². The second-order valence-corrected chi connectivity index (χ2v) is 15.6. The molecule has 1 atom stereocenters. The summed E-state index contributed by atoms with van der Waals surface area (Å²) < 4.78 is 11.0. The molecule has 2 heterocycles. The summed E-state index contributed by atoms with van der Waals surface area (Å²) in [6, 6.07) is 7.58. The van der Waals surface area contributed by atoms with Crippen molar-refractivity contribution in [2.75, 3.05) is 69.2 Å². The van der Waals surface area contributed by atoms with E-state index in [9.17, 15) is 14.2 Å². The molecule has 0 unspecified atom stereocenters. The van der Waals surface area contributed by atoms with E-state index in [2.05, 4.69) is 42.0 Å². The van der Waals surface area contributed by atoms with Crippen molar-refractivity contribution in [3.05, 3.63) is 36.2 Å². The zero-order valence-corrected chi connectivity index (χ0v) is 31.6. The predicted octanol–water partition coefficient (Wildman–Crippen LogP) is 2.60. The van der Waals surface area contributed by atoms with Crippen LogP contribution in [-0.4, -0.2) is 113 Å². The molecular formula is C35H59N12O5P. The van der Waals surface area contributed by atoms with E-state index in [-0.39, 0.29) is 37.9 Å². The number of carbonyl (C=O) groups is 2. The Labute approximate surface area is 312 Å². The molecule has 18 heteroatoms. The van der Waals surface area contributed by atoms with Crippen LogP contribution >= 0.6 is 7.60 Å². The van der Waals surface area contributed by atoms with Gasteiger partial charge in [-0.3, -0.25) is 14.2 Å². The zero-order valence-electron chi connectivity index (χ0n) is 30.7. The highest BCUT2D eigenvalue weighted by atomic mass is 31.2. The van der Waals surface area contributed by atoms with E-state index in [1.165, 1.54) is 32.1 Å². The SMILES string of the molecule is N=N/C(=C\NCCCNCCCNC1CCCCC1)CNc1nc(NC2CCN(C(=O)CC[C@H](N)C(=O)NCCP(=O)(O)O)CC2)c2ccccc2n1. The monoisotopic (exact) mass is 758 g/mol. The summed E-state index contributed by atoms with van der Waals surface area (Å²) in [7, 11) is -4.21. The van der Waals surface area contributed by atoms with Gasteiger partial charge in [-0.2, -0.15) is 10.1 Å². The number of fused-ring (bicyclic) bond motifs is 1. The number of piperidine rings is 1. The summed E-state index contributed by atoms with van der Waals surface area (Å²) in [5.74, 6) is 0.462. The van der Waals surface area contributed by atoms with Gasteiger partial charge in [-0.25, -0.2) is 10.5 Å². The maximum Gasteiger partial charge on any atom is 0.327 e. The minimum Gasteiger partial charge on any atom is -0.389 e. The molecule has 1 aliphatic carbocycles. The highest BCUT2D eigenvalue weighted by molar-refractivity contribution is 7.51. The van der Waals surface area contributed by atoms with Gasteiger partial charge < -0.3 is 52.3 Å². The van der Waals surface area contributed by atoms with Crippen LogP contribution in [0.1, 0.15) is 70.6 Å². The molecule has 1 aromatic heterocycles. The van der Waals surface area contributed by atoms with Gasteiger partial charge in [0.15, 0.2) is 0 Å².